The van der Waals surface area contributed by atoms with Crippen LogP contribution in [0.5, 0.6) is 0 Å². The summed E-state index contributed by atoms with van der Waals surface area (Å²) in [5.41, 5.74) is 0.00448. The van der Waals surface area contributed by atoms with E-state index in [1.165, 1.54) is 0 Å². The molecule has 0 aliphatic rings. The van der Waals surface area contributed by atoms with E-state index in [0.29, 0.717) is 10.7 Å². The van der Waals surface area contributed by atoms with E-state index in [1.807, 2.05) is 13.8 Å². The van der Waals surface area contributed by atoms with Crippen LogP contribution in [0.2, 0.25) is 5.02 Å². The Morgan fingerprint density at radius 1 is 1.53 bits per heavy atom. The zero-order valence-electron chi connectivity index (χ0n) is 9.38. The van der Waals surface area contributed by atoms with Crippen LogP contribution in [-0.4, -0.2) is 10.8 Å². The van der Waals surface area contributed by atoms with Gasteiger partial charge in [-0.05, 0) is 18.6 Å². The third kappa shape index (κ3) is 2.78. The van der Waals surface area contributed by atoms with E-state index in [0.717, 1.165) is 12.8 Å². The molecule has 1 aromatic rings. The summed E-state index contributed by atoms with van der Waals surface area (Å²) < 4.78 is 0. The van der Waals surface area contributed by atoms with Crippen molar-refractivity contribution < 1.29 is 4.79 Å². The maximum atomic E-state index is 12.1. The average Bonchev–Trinajstić information content (AvgIpc) is 2.17. The molecule has 0 spiro atoms. The van der Waals surface area contributed by atoms with E-state index in [2.05, 4.69) is 11.9 Å². The Hall–Kier alpha value is -0.890. The molecule has 15 heavy (non-hydrogen) atoms. The second kappa shape index (κ2) is 4.75. The summed E-state index contributed by atoms with van der Waals surface area (Å²) in [6, 6.07) is 3.43. The molecule has 0 aliphatic heterocycles. The second-order valence-electron chi connectivity index (χ2n) is 4.30. The van der Waals surface area contributed by atoms with Gasteiger partial charge in [0.2, 0.25) is 0 Å². The fourth-order valence-corrected chi connectivity index (χ4v) is 1.82. The van der Waals surface area contributed by atoms with E-state index >= 15 is 0 Å². The van der Waals surface area contributed by atoms with Gasteiger partial charge in [0.05, 0.1) is 5.02 Å². The first-order valence-electron chi connectivity index (χ1n) is 5.14. The van der Waals surface area contributed by atoms with Crippen LogP contribution in [0.1, 0.15) is 44.1 Å². The lowest BCUT2D eigenvalue weighted by atomic mass is 9.82. The predicted octanol–water partition coefficient (Wildman–Crippen LogP) is 3.74. The molecule has 1 rings (SSSR count). The predicted molar refractivity (Wildman–Crippen MR) is 62.3 cm³/mol. The van der Waals surface area contributed by atoms with Gasteiger partial charge in [0.1, 0.15) is 5.69 Å². The van der Waals surface area contributed by atoms with Gasteiger partial charge in [-0.2, -0.15) is 0 Å². The zero-order valence-corrected chi connectivity index (χ0v) is 10.1. The first-order chi connectivity index (χ1) is 6.99. The van der Waals surface area contributed by atoms with Crippen molar-refractivity contribution >= 4 is 17.4 Å². The molecule has 0 aromatic carbocycles. The van der Waals surface area contributed by atoms with E-state index in [9.17, 15) is 4.79 Å². The summed E-state index contributed by atoms with van der Waals surface area (Å²) in [7, 11) is 0. The molecule has 0 unspecified atom stereocenters. The fraction of sp³-hybridized carbons (Fsp3) is 0.500. The molecular formula is C12H16ClNO. The molecule has 0 amide bonds. The number of hydrogen-bond acceptors (Lipinski definition) is 2. The van der Waals surface area contributed by atoms with Gasteiger partial charge in [-0.1, -0.05) is 38.8 Å². The van der Waals surface area contributed by atoms with E-state index in [4.69, 9.17) is 11.6 Å². The maximum Gasteiger partial charge on any atom is 0.188 e. The average molecular weight is 226 g/mol. The summed E-state index contributed by atoms with van der Waals surface area (Å²) in [5.74, 6) is 0.0231. The van der Waals surface area contributed by atoms with Crippen molar-refractivity contribution in [3.63, 3.8) is 0 Å². The molecule has 0 atom stereocenters. The number of carbonyl (C=O) groups is 1. The van der Waals surface area contributed by atoms with Crippen molar-refractivity contribution in [3.8, 4) is 0 Å². The largest absolute Gasteiger partial charge is 0.292 e. The quantitative estimate of drug-likeness (QED) is 0.731. The molecule has 0 saturated heterocycles. The Bertz CT molecular complexity index is 360. The van der Waals surface area contributed by atoms with Crippen LogP contribution in [0.3, 0.4) is 0 Å². The highest BCUT2D eigenvalue weighted by Gasteiger charge is 2.29. The van der Waals surface area contributed by atoms with E-state index in [-0.39, 0.29) is 11.2 Å². The number of hydrogen-bond donors (Lipinski definition) is 0. The number of pyridine rings is 1. The van der Waals surface area contributed by atoms with E-state index in [1.54, 1.807) is 18.3 Å². The molecule has 0 aliphatic carbocycles. The van der Waals surface area contributed by atoms with Gasteiger partial charge in [-0.15, -0.1) is 0 Å². The molecule has 3 heteroatoms. The molecule has 0 saturated carbocycles. The first kappa shape index (κ1) is 12.2. The SMILES string of the molecule is CCCC(C)(C)C(=O)c1ncccc1Cl. The van der Waals surface area contributed by atoms with Crippen molar-refractivity contribution in [2.24, 2.45) is 5.41 Å². The highest BCUT2D eigenvalue weighted by atomic mass is 35.5. The number of rotatable bonds is 4. The van der Waals surface area contributed by atoms with Crippen LogP contribution in [0.15, 0.2) is 18.3 Å². The molecule has 2 nitrogen and oxygen atoms in total. The van der Waals surface area contributed by atoms with Crippen LogP contribution in [0.25, 0.3) is 0 Å². The number of carbonyl (C=O) groups excluding carboxylic acids is 1. The lowest BCUT2D eigenvalue weighted by molar-refractivity contribution is 0.0820. The minimum Gasteiger partial charge on any atom is -0.292 e. The summed E-state index contributed by atoms with van der Waals surface area (Å²) in [6.07, 6.45) is 3.42. The van der Waals surface area contributed by atoms with Gasteiger partial charge in [0.25, 0.3) is 0 Å². The summed E-state index contributed by atoms with van der Waals surface area (Å²) >= 11 is 5.94. The third-order valence-corrected chi connectivity index (χ3v) is 2.77. The molecule has 1 heterocycles. The molecule has 0 fully saturated rings. The van der Waals surface area contributed by atoms with Crippen molar-refractivity contribution in [1.82, 2.24) is 4.98 Å². The van der Waals surface area contributed by atoms with Crippen LogP contribution in [0.4, 0.5) is 0 Å². The highest BCUT2D eigenvalue weighted by molar-refractivity contribution is 6.33. The van der Waals surface area contributed by atoms with Crippen LogP contribution in [0, 0.1) is 5.41 Å². The lowest BCUT2D eigenvalue weighted by Crippen LogP contribution is -2.25. The topological polar surface area (TPSA) is 30.0 Å². The Labute approximate surface area is 95.7 Å². The smallest absolute Gasteiger partial charge is 0.188 e. The van der Waals surface area contributed by atoms with Gasteiger partial charge >= 0.3 is 0 Å². The van der Waals surface area contributed by atoms with Crippen LogP contribution in [-0.2, 0) is 0 Å². The van der Waals surface area contributed by atoms with Gasteiger partial charge in [0.15, 0.2) is 5.78 Å². The molecule has 0 bridgehead atoms. The number of aromatic nitrogens is 1. The Morgan fingerprint density at radius 3 is 2.73 bits per heavy atom. The second-order valence-corrected chi connectivity index (χ2v) is 4.70. The molecule has 1 aromatic heterocycles. The van der Waals surface area contributed by atoms with E-state index < -0.39 is 0 Å². The monoisotopic (exact) mass is 225 g/mol. The number of ketones is 1. The standard InChI is InChI=1S/C12H16ClNO/c1-4-7-12(2,3)11(15)10-9(13)6-5-8-14-10/h5-6,8H,4,7H2,1-3H3. The normalized spacial score (nSPS) is 11.5. The van der Waals surface area contributed by atoms with Crippen molar-refractivity contribution in [2.45, 2.75) is 33.6 Å². The number of halogens is 1. The minimum absolute atomic E-state index is 0.0231. The van der Waals surface area contributed by atoms with Crippen molar-refractivity contribution in [1.29, 1.82) is 0 Å². The molecule has 0 radical (unpaired) electrons. The minimum atomic E-state index is -0.382. The molecule has 82 valence electrons. The summed E-state index contributed by atoms with van der Waals surface area (Å²) in [4.78, 5) is 16.2. The van der Waals surface area contributed by atoms with Gasteiger partial charge in [-0.3, -0.25) is 9.78 Å². The summed E-state index contributed by atoms with van der Waals surface area (Å²) in [5, 5.41) is 0.437. The van der Waals surface area contributed by atoms with Gasteiger partial charge < -0.3 is 0 Å². The Balaban J connectivity index is 2.99. The van der Waals surface area contributed by atoms with Crippen molar-refractivity contribution in [3.05, 3.63) is 29.0 Å². The highest BCUT2D eigenvalue weighted by Crippen LogP contribution is 2.29. The Kier molecular flexibility index (Phi) is 3.86. The van der Waals surface area contributed by atoms with Gasteiger partial charge in [0, 0.05) is 11.6 Å². The number of nitrogens with zero attached hydrogens (tertiary/aromatic N) is 1. The maximum absolute atomic E-state index is 12.1. The van der Waals surface area contributed by atoms with Crippen molar-refractivity contribution in [2.75, 3.05) is 0 Å². The third-order valence-electron chi connectivity index (χ3n) is 2.46. The lowest BCUT2D eigenvalue weighted by Gasteiger charge is -2.21. The summed E-state index contributed by atoms with van der Waals surface area (Å²) in [6.45, 7) is 5.93. The fourth-order valence-electron chi connectivity index (χ4n) is 1.61. The van der Waals surface area contributed by atoms with Crippen LogP contribution < -0.4 is 0 Å². The van der Waals surface area contributed by atoms with Gasteiger partial charge in [-0.25, -0.2) is 0 Å². The molecular weight excluding hydrogens is 210 g/mol. The number of Topliss-reactive ketones (excluding diaryl/α,β-unsaturated/α-hetero) is 1. The molecule has 0 N–H and O–H groups in total. The van der Waals surface area contributed by atoms with Crippen LogP contribution >= 0.6 is 11.6 Å². The Morgan fingerprint density at radius 2 is 2.20 bits per heavy atom. The zero-order chi connectivity index (χ0) is 11.5. The first-order valence-corrected chi connectivity index (χ1v) is 5.52.